The van der Waals surface area contributed by atoms with E-state index in [9.17, 15) is 4.79 Å². The van der Waals surface area contributed by atoms with Crippen LogP contribution in [0.5, 0.6) is 0 Å². The zero-order valence-electron chi connectivity index (χ0n) is 5.10. The van der Waals surface area contributed by atoms with Crippen LogP contribution in [0.1, 0.15) is 8.35 Å². The Morgan fingerprint density at radius 1 is 2.00 bits per heavy atom. The van der Waals surface area contributed by atoms with E-state index in [1.807, 2.05) is 0 Å². The summed E-state index contributed by atoms with van der Waals surface area (Å²) in [6, 6.07) is 0. The average Bonchev–Trinajstić information content (AvgIpc) is 1.65. The van der Waals surface area contributed by atoms with Crippen LogP contribution in [0.2, 0.25) is 0 Å². The normalized spacial score (nSPS) is 7.71. The topological polar surface area (TPSA) is 52.3 Å². The molecule has 0 aliphatic heterocycles. The first kappa shape index (κ1) is 6.17. The van der Waals surface area contributed by atoms with Crippen molar-refractivity contribution in [3.63, 3.8) is 0 Å². The highest BCUT2D eigenvalue weighted by atomic mass is 16.7. The molecule has 7 heavy (non-hydrogen) atoms. The summed E-state index contributed by atoms with van der Waals surface area (Å²) >= 11 is 0. The van der Waals surface area contributed by atoms with Crippen molar-refractivity contribution in [3.8, 4) is 0 Å². The summed E-state index contributed by atoms with van der Waals surface area (Å²) in [5, 5.41) is 0. The van der Waals surface area contributed by atoms with Crippen molar-refractivity contribution >= 4 is 5.97 Å². The molecule has 40 valence electrons. The van der Waals surface area contributed by atoms with Crippen LogP contribution in [0.25, 0.3) is 0 Å². The summed E-state index contributed by atoms with van der Waals surface area (Å²) < 4.78 is 0. The van der Waals surface area contributed by atoms with Crippen molar-refractivity contribution in [2.45, 2.75) is 6.92 Å². The lowest BCUT2D eigenvalue weighted by Gasteiger charge is -1.90. The molecule has 0 aromatic carbocycles. The molecule has 0 aromatic heterocycles. The van der Waals surface area contributed by atoms with E-state index in [0.29, 0.717) is 5.57 Å². The molecule has 0 aromatic rings. The van der Waals surface area contributed by atoms with Gasteiger partial charge in [-0.2, -0.15) is 5.90 Å². The van der Waals surface area contributed by atoms with Gasteiger partial charge in [-0.25, -0.2) is 4.79 Å². The fourth-order valence-corrected chi connectivity index (χ4v) is 0.101. The second-order valence-electron chi connectivity index (χ2n) is 1.19. The summed E-state index contributed by atoms with van der Waals surface area (Å²) in [6.07, 6.45) is 0. The van der Waals surface area contributed by atoms with E-state index in [2.05, 4.69) is 17.3 Å². The summed E-state index contributed by atoms with van der Waals surface area (Å²) in [5.41, 5.74) is 0.308. The molecule has 0 amide bonds. The fourth-order valence-electron chi connectivity index (χ4n) is 0.101. The summed E-state index contributed by atoms with van der Waals surface area (Å²) in [6.45, 7) is 4.79. The first-order chi connectivity index (χ1) is 3.18. The molecule has 0 bridgehead atoms. The Hall–Kier alpha value is -0.830. The molecule has 0 radical (unpaired) electrons. The van der Waals surface area contributed by atoms with Crippen LogP contribution in [0.4, 0.5) is 0 Å². The molecule has 0 unspecified atom stereocenters. The highest BCUT2D eigenvalue weighted by Crippen LogP contribution is 1.85. The third-order valence-electron chi connectivity index (χ3n) is 0.455. The standard InChI is InChI=1S/C4H7NO2/c1-3(2)4(6)7-5/h1,5H2,2H3/p+1. The van der Waals surface area contributed by atoms with Gasteiger partial charge in [-0.3, -0.25) is 0 Å². The molecule has 0 aliphatic rings. The molecule has 0 fully saturated rings. The Morgan fingerprint density at radius 3 is 2.43 bits per heavy atom. The van der Waals surface area contributed by atoms with Crippen molar-refractivity contribution in [1.82, 2.24) is 0 Å². The molecule has 0 rings (SSSR count). The van der Waals surface area contributed by atoms with Gasteiger partial charge >= 0.3 is 7.40 Å². The van der Waals surface area contributed by atoms with Crippen LogP contribution in [-0.4, -0.2) is 5.97 Å². The number of carbonyl (C=O) groups is 1. The summed E-state index contributed by atoms with van der Waals surface area (Å²) in [4.78, 5) is 13.8. The van der Waals surface area contributed by atoms with Crippen molar-refractivity contribution in [3.05, 3.63) is 12.2 Å². The van der Waals surface area contributed by atoms with Crippen molar-refractivity contribution < 1.29 is 11.1 Å². The van der Waals surface area contributed by atoms with E-state index in [0.717, 1.165) is 0 Å². The molecule has 0 saturated carbocycles. The van der Waals surface area contributed by atoms with Gasteiger partial charge in [0.25, 0.3) is 0 Å². The summed E-state index contributed by atoms with van der Waals surface area (Å²) in [5.74, 6) is 3.89. The van der Waals surface area contributed by atoms with E-state index in [-0.39, 0.29) is 1.43 Å². The van der Waals surface area contributed by atoms with Gasteiger partial charge in [-0.05, 0) is 6.92 Å². The van der Waals surface area contributed by atoms with Crippen molar-refractivity contribution in [1.29, 1.82) is 0 Å². The Kier molecular flexibility index (Phi) is 2.08. The van der Waals surface area contributed by atoms with Crippen molar-refractivity contribution in [2.24, 2.45) is 5.90 Å². The van der Waals surface area contributed by atoms with Gasteiger partial charge in [0.1, 0.15) is 0 Å². The molecule has 0 atom stereocenters. The SMILES string of the molecule is C=C(C)C(=O)ON.[H+]. The maximum Gasteiger partial charge on any atom is 1.00 e. The van der Waals surface area contributed by atoms with E-state index < -0.39 is 5.97 Å². The van der Waals surface area contributed by atoms with E-state index >= 15 is 0 Å². The Balaban J connectivity index is 0. The molecule has 0 aliphatic carbocycles. The molecule has 3 nitrogen and oxygen atoms in total. The van der Waals surface area contributed by atoms with Crippen LogP contribution >= 0.6 is 0 Å². The minimum atomic E-state index is -0.569. The smallest absolute Gasteiger partial charge is 0.370 e. The lowest BCUT2D eigenvalue weighted by Crippen LogP contribution is -2.09. The van der Waals surface area contributed by atoms with Crippen LogP contribution in [-0.2, 0) is 9.63 Å². The Morgan fingerprint density at radius 2 is 2.43 bits per heavy atom. The van der Waals surface area contributed by atoms with Gasteiger partial charge < -0.3 is 4.84 Å². The number of rotatable bonds is 1. The third kappa shape index (κ3) is 1.94. The highest BCUT2D eigenvalue weighted by Gasteiger charge is 1.96. The second-order valence-corrected chi connectivity index (χ2v) is 1.19. The van der Waals surface area contributed by atoms with Gasteiger partial charge in [-0.15, -0.1) is 0 Å². The monoisotopic (exact) mass is 102 g/mol. The van der Waals surface area contributed by atoms with Crippen LogP contribution in [0.15, 0.2) is 12.2 Å². The molecule has 0 saturated heterocycles. The maximum absolute atomic E-state index is 10.1. The van der Waals surface area contributed by atoms with Crippen LogP contribution < -0.4 is 5.90 Å². The van der Waals surface area contributed by atoms with Gasteiger partial charge in [0.2, 0.25) is 0 Å². The largest absolute Gasteiger partial charge is 1.00 e. The predicted octanol–water partition coefficient (Wildman–Crippen LogP) is 0.0919. The van der Waals surface area contributed by atoms with E-state index in [1.165, 1.54) is 6.92 Å². The van der Waals surface area contributed by atoms with Gasteiger partial charge in [-0.1, -0.05) is 6.58 Å². The molecular formula is C4H8NO2+. The number of hydrogen-bond acceptors (Lipinski definition) is 3. The van der Waals surface area contributed by atoms with Gasteiger partial charge in [0.05, 0.1) is 0 Å². The minimum Gasteiger partial charge on any atom is -0.370 e. The first-order valence-electron chi connectivity index (χ1n) is 1.75. The number of carbonyl (C=O) groups excluding carboxylic acids is 1. The maximum atomic E-state index is 10.1. The fraction of sp³-hybridized carbons (Fsp3) is 0.250. The molecular weight excluding hydrogens is 94.0 g/mol. The Labute approximate surface area is 43.2 Å². The average molecular weight is 102 g/mol. The van der Waals surface area contributed by atoms with Gasteiger partial charge in [0.15, 0.2) is 0 Å². The predicted molar refractivity (Wildman–Crippen MR) is 26.2 cm³/mol. The van der Waals surface area contributed by atoms with E-state index in [4.69, 9.17) is 0 Å². The second kappa shape index (κ2) is 2.36. The third-order valence-corrected chi connectivity index (χ3v) is 0.455. The molecule has 2 N–H and O–H groups in total. The van der Waals surface area contributed by atoms with Gasteiger partial charge in [0, 0.05) is 5.57 Å². The Bertz CT molecular complexity index is 102. The zero-order chi connectivity index (χ0) is 5.86. The quantitative estimate of drug-likeness (QED) is 0.377. The zero-order valence-corrected chi connectivity index (χ0v) is 4.10. The first-order valence-corrected chi connectivity index (χ1v) is 1.75. The lowest BCUT2D eigenvalue weighted by molar-refractivity contribution is -0.139. The molecule has 3 heteroatoms. The van der Waals surface area contributed by atoms with Crippen LogP contribution in [0, 0.1) is 0 Å². The number of nitrogens with two attached hydrogens (primary N) is 1. The lowest BCUT2D eigenvalue weighted by atomic mass is 10.4. The highest BCUT2D eigenvalue weighted by molar-refractivity contribution is 5.86. The molecule has 0 spiro atoms. The minimum absolute atomic E-state index is 0. The molecule has 0 heterocycles. The summed E-state index contributed by atoms with van der Waals surface area (Å²) in [7, 11) is 0. The van der Waals surface area contributed by atoms with E-state index in [1.54, 1.807) is 0 Å². The van der Waals surface area contributed by atoms with Crippen LogP contribution in [0.3, 0.4) is 0 Å². The van der Waals surface area contributed by atoms with Crippen molar-refractivity contribution in [2.75, 3.05) is 0 Å². The number of hydrogen-bond donors (Lipinski definition) is 1.